The Labute approximate surface area is 255 Å². The zero-order valence-electron chi connectivity index (χ0n) is 24.4. The number of allylic oxidation sites excluding steroid dienone is 1. The second-order valence-corrected chi connectivity index (χ2v) is 11.1. The average molecular weight is 564 g/mol. The van der Waals surface area contributed by atoms with Crippen molar-refractivity contribution >= 4 is 54.3 Å². The van der Waals surface area contributed by atoms with Crippen LogP contribution in [0.25, 0.3) is 87.8 Å². The van der Waals surface area contributed by atoms with Crippen molar-refractivity contribution in [3.8, 4) is 33.5 Å². The third kappa shape index (κ3) is 4.07. The zero-order valence-corrected chi connectivity index (χ0v) is 24.4. The van der Waals surface area contributed by atoms with E-state index >= 15 is 0 Å². The van der Waals surface area contributed by atoms with Gasteiger partial charge in [0.15, 0.2) is 0 Å². The van der Waals surface area contributed by atoms with Gasteiger partial charge < -0.3 is 4.42 Å². The molecule has 0 atom stereocenters. The topological polar surface area (TPSA) is 26.0 Å². The van der Waals surface area contributed by atoms with Crippen LogP contribution in [0.1, 0.15) is 6.92 Å². The standard InChI is InChI=1S/C39H23NO.C3H6/c1-2-10-36-31(6-1)34-8-5-7-29(39(34)41-36)25-13-11-24(12-14-25)28-19-15-26-18-22-33-30(35-9-3-4-23-40-35)20-16-27-17-21-32(28)37(26)38(27)33;1-3-2/h1-23H;3H,1H2,2H3. The molecule has 2 heteroatoms. The molecular weight excluding hydrogens is 534 g/mol. The fourth-order valence-corrected chi connectivity index (χ4v) is 6.60. The second kappa shape index (κ2) is 10.5. The Kier molecular flexibility index (Phi) is 6.20. The van der Waals surface area contributed by atoms with Crippen LogP contribution >= 0.6 is 0 Å². The van der Waals surface area contributed by atoms with E-state index < -0.39 is 0 Å². The first-order chi connectivity index (χ1) is 21.7. The highest BCUT2D eigenvalue weighted by atomic mass is 16.3. The summed E-state index contributed by atoms with van der Waals surface area (Å²) in [6.45, 7) is 5.25. The lowest BCUT2D eigenvalue weighted by atomic mass is 9.87. The maximum Gasteiger partial charge on any atom is 0.143 e. The summed E-state index contributed by atoms with van der Waals surface area (Å²) in [5.74, 6) is 0. The van der Waals surface area contributed by atoms with Gasteiger partial charge in [-0.2, -0.15) is 0 Å². The molecule has 2 aromatic heterocycles. The van der Waals surface area contributed by atoms with E-state index in [1.807, 2.05) is 31.3 Å². The van der Waals surface area contributed by atoms with E-state index in [9.17, 15) is 0 Å². The number of benzene rings is 7. The van der Waals surface area contributed by atoms with Crippen molar-refractivity contribution < 1.29 is 4.42 Å². The van der Waals surface area contributed by atoms with Gasteiger partial charge in [0.1, 0.15) is 11.2 Å². The van der Waals surface area contributed by atoms with Gasteiger partial charge in [-0.25, -0.2) is 0 Å². The molecule has 0 aliphatic heterocycles. The summed E-state index contributed by atoms with van der Waals surface area (Å²) in [5, 5.41) is 9.94. The van der Waals surface area contributed by atoms with Crippen molar-refractivity contribution in [1.29, 1.82) is 0 Å². The van der Waals surface area contributed by atoms with E-state index in [1.54, 1.807) is 6.08 Å². The molecule has 7 aromatic carbocycles. The first-order valence-electron chi connectivity index (χ1n) is 14.9. The van der Waals surface area contributed by atoms with E-state index in [1.165, 1.54) is 49.0 Å². The molecule has 9 aromatic rings. The molecule has 0 amide bonds. The van der Waals surface area contributed by atoms with Gasteiger partial charge in [0, 0.05) is 28.1 Å². The molecule has 208 valence electrons. The van der Waals surface area contributed by atoms with Gasteiger partial charge >= 0.3 is 0 Å². The summed E-state index contributed by atoms with van der Waals surface area (Å²) in [4.78, 5) is 4.65. The minimum atomic E-state index is 0.923. The summed E-state index contributed by atoms with van der Waals surface area (Å²) in [6, 6.07) is 47.7. The van der Waals surface area contributed by atoms with Gasteiger partial charge in [-0.05, 0) is 74.1 Å². The quantitative estimate of drug-likeness (QED) is 0.158. The molecule has 9 rings (SSSR count). The van der Waals surface area contributed by atoms with Crippen LogP contribution in [-0.4, -0.2) is 4.98 Å². The molecule has 0 saturated carbocycles. The van der Waals surface area contributed by atoms with Crippen LogP contribution in [0.3, 0.4) is 0 Å². The van der Waals surface area contributed by atoms with Crippen molar-refractivity contribution in [1.82, 2.24) is 4.98 Å². The molecular formula is C42H29NO. The molecule has 0 unspecified atom stereocenters. The maximum atomic E-state index is 6.31. The Hall–Kier alpha value is -5.73. The summed E-state index contributed by atoms with van der Waals surface area (Å²) >= 11 is 0. The second-order valence-electron chi connectivity index (χ2n) is 11.1. The van der Waals surface area contributed by atoms with Crippen molar-refractivity contribution in [2.45, 2.75) is 6.92 Å². The monoisotopic (exact) mass is 563 g/mol. The van der Waals surface area contributed by atoms with E-state index in [2.05, 4.69) is 127 Å². The molecule has 0 fully saturated rings. The predicted molar refractivity (Wildman–Crippen MR) is 187 cm³/mol. The molecule has 0 spiro atoms. The molecule has 0 saturated heterocycles. The van der Waals surface area contributed by atoms with Crippen LogP contribution in [0.2, 0.25) is 0 Å². The SMILES string of the molecule is C=CC.c1ccc(-c2ccc3ccc4c(-c5ccc(-c6cccc7c6oc6ccccc67)cc5)ccc5ccc2c3c54)nc1. The van der Waals surface area contributed by atoms with Gasteiger partial charge in [-0.3, -0.25) is 4.98 Å². The summed E-state index contributed by atoms with van der Waals surface area (Å²) in [5.41, 5.74) is 8.73. The fraction of sp³-hybridized carbons (Fsp3) is 0.0238. The Morgan fingerprint density at radius 3 is 1.82 bits per heavy atom. The third-order valence-corrected chi connectivity index (χ3v) is 8.52. The number of rotatable bonds is 3. The molecule has 44 heavy (non-hydrogen) atoms. The molecule has 0 aliphatic carbocycles. The van der Waals surface area contributed by atoms with E-state index in [0.717, 1.165) is 38.8 Å². The highest BCUT2D eigenvalue weighted by molar-refractivity contribution is 6.27. The van der Waals surface area contributed by atoms with Crippen LogP contribution in [0.4, 0.5) is 0 Å². The minimum Gasteiger partial charge on any atom is -0.455 e. The lowest BCUT2D eigenvalue weighted by Gasteiger charge is -2.16. The van der Waals surface area contributed by atoms with Crippen LogP contribution in [0, 0.1) is 0 Å². The van der Waals surface area contributed by atoms with Gasteiger partial charge in [0.25, 0.3) is 0 Å². The number of aromatic nitrogens is 1. The van der Waals surface area contributed by atoms with E-state index in [-0.39, 0.29) is 0 Å². The molecule has 0 radical (unpaired) electrons. The van der Waals surface area contributed by atoms with Gasteiger partial charge in [0.05, 0.1) is 5.69 Å². The third-order valence-electron chi connectivity index (χ3n) is 8.52. The minimum absolute atomic E-state index is 0.923. The average Bonchev–Trinajstić information content (AvgIpc) is 3.47. The Bertz CT molecular complexity index is 2450. The molecule has 0 bridgehead atoms. The van der Waals surface area contributed by atoms with Crippen LogP contribution < -0.4 is 0 Å². The number of furan rings is 1. The van der Waals surface area contributed by atoms with Crippen LogP contribution in [0.5, 0.6) is 0 Å². The van der Waals surface area contributed by atoms with Crippen molar-refractivity contribution in [3.63, 3.8) is 0 Å². The number of nitrogens with zero attached hydrogens (tertiary/aromatic N) is 1. The summed E-state index contributed by atoms with van der Waals surface area (Å²) in [7, 11) is 0. The van der Waals surface area contributed by atoms with Crippen molar-refractivity contribution in [2.24, 2.45) is 0 Å². The first-order valence-corrected chi connectivity index (χ1v) is 14.9. The number of pyridine rings is 1. The molecule has 0 aliphatic rings. The Morgan fingerprint density at radius 1 is 0.523 bits per heavy atom. The summed E-state index contributed by atoms with van der Waals surface area (Å²) < 4.78 is 6.31. The largest absolute Gasteiger partial charge is 0.455 e. The van der Waals surface area contributed by atoms with Crippen LogP contribution in [0.15, 0.2) is 157 Å². The predicted octanol–water partition coefficient (Wildman–Crippen LogP) is 12.1. The van der Waals surface area contributed by atoms with Crippen molar-refractivity contribution in [3.05, 3.63) is 152 Å². The van der Waals surface area contributed by atoms with E-state index in [4.69, 9.17) is 4.42 Å². The molecule has 2 nitrogen and oxygen atoms in total. The Morgan fingerprint density at radius 2 is 1.11 bits per heavy atom. The number of para-hydroxylation sites is 2. The zero-order chi connectivity index (χ0) is 29.6. The van der Waals surface area contributed by atoms with Crippen molar-refractivity contribution in [2.75, 3.05) is 0 Å². The van der Waals surface area contributed by atoms with Gasteiger partial charge in [-0.15, -0.1) is 6.58 Å². The Balaban J connectivity index is 0.000000928. The maximum absolute atomic E-state index is 6.31. The normalized spacial score (nSPS) is 11.4. The number of hydrogen-bond acceptors (Lipinski definition) is 2. The van der Waals surface area contributed by atoms with E-state index in [0.29, 0.717) is 0 Å². The van der Waals surface area contributed by atoms with Gasteiger partial charge in [-0.1, -0.05) is 121 Å². The lowest BCUT2D eigenvalue weighted by Crippen LogP contribution is -1.90. The molecule has 2 heterocycles. The smallest absolute Gasteiger partial charge is 0.143 e. The highest BCUT2D eigenvalue weighted by Gasteiger charge is 2.16. The summed E-state index contributed by atoms with van der Waals surface area (Å²) in [6.07, 6.45) is 3.61. The fourth-order valence-electron chi connectivity index (χ4n) is 6.60. The van der Waals surface area contributed by atoms with Gasteiger partial charge in [0.2, 0.25) is 0 Å². The first kappa shape index (κ1) is 25.9. The molecule has 0 N–H and O–H groups in total. The van der Waals surface area contributed by atoms with Crippen LogP contribution in [-0.2, 0) is 0 Å². The lowest BCUT2D eigenvalue weighted by molar-refractivity contribution is 0.670. The highest BCUT2D eigenvalue weighted by Crippen LogP contribution is 2.42. The number of hydrogen-bond donors (Lipinski definition) is 0. The number of fused-ring (bicyclic) bond motifs is 3.